The fourth-order valence-corrected chi connectivity index (χ4v) is 3.25. The maximum atomic E-state index is 13.9. The first-order valence-corrected chi connectivity index (χ1v) is 8.84. The second-order valence-electron chi connectivity index (χ2n) is 6.41. The zero-order valence-corrected chi connectivity index (χ0v) is 14.9. The van der Waals surface area contributed by atoms with Crippen LogP contribution in [0.3, 0.4) is 0 Å². The van der Waals surface area contributed by atoms with E-state index >= 15 is 0 Å². The van der Waals surface area contributed by atoms with Crippen LogP contribution in [-0.2, 0) is 4.79 Å². The number of hydrogen-bond donors (Lipinski definition) is 1. The number of rotatable bonds is 5. The fraction of sp³-hybridized carbons (Fsp3) is 0.556. The predicted octanol–water partition coefficient (Wildman–Crippen LogP) is 3.64. The molecule has 1 aliphatic heterocycles. The minimum atomic E-state index is -0.590. The number of likely N-dealkylation sites (tertiary alicyclic amines) is 1. The molecule has 0 aromatic heterocycles. The summed E-state index contributed by atoms with van der Waals surface area (Å²) in [5, 5.41) is 3.32. The molecule has 2 amide bonds. The van der Waals surface area contributed by atoms with Gasteiger partial charge in [0.05, 0.1) is 11.5 Å². The van der Waals surface area contributed by atoms with E-state index < -0.39 is 11.7 Å². The van der Waals surface area contributed by atoms with Crippen LogP contribution in [0, 0.1) is 11.7 Å². The van der Waals surface area contributed by atoms with Crippen LogP contribution in [0.2, 0.25) is 5.02 Å². The molecule has 4 nitrogen and oxygen atoms in total. The van der Waals surface area contributed by atoms with Crippen LogP contribution < -0.4 is 5.32 Å². The van der Waals surface area contributed by atoms with Gasteiger partial charge in [-0.05, 0) is 44.4 Å². The van der Waals surface area contributed by atoms with Gasteiger partial charge in [-0.25, -0.2) is 4.39 Å². The van der Waals surface area contributed by atoms with Crippen LogP contribution >= 0.6 is 11.6 Å². The van der Waals surface area contributed by atoms with Crippen LogP contribution in [0.25, 0.3) is 0 Å². The van der Waals surface area contributed by atoms with Gasteiger partial charge in [-0.3, -0.25) is 9.59 Å². The first kappa shape index (κ1) is 18.7. The van der Waals surface area contributed by atoms with Gasteiger partial charge in [0.1, 0.15) is 5.82 Å². The summed E-state index contributed by atoms with van der Waals surface area (Å²) in [6.07, 6.45) is 3.40. The first-order valence-electron chi connectivity index (χ1n) is 8.47. The second-order valence-corrected chi connectivity index (χ2v) is 6.85. The molecule has 1 aliphatic rings. The highest BCUT2D eigenvalue weighted by molar-refractivity contribution is 6.31. The quantitative estimate of drug-likeness (QED) is 0.877. The van der Waals surface area contributed by atoms with Crippen molar-refractivity contribution in [2.24, 2.45) is 5.92 Å². The first-order chi connectivity index (χ1) is 11.4. The lowest BCUT2D eigenvalue weighted by Gasteiger charge is -2.32. The standard InChI is InChI=1S/C18H24ClFN2O2/c1-3-5-12(2)21-17(23)13-6-4-9-22(11-13)18(24)15-10-14(19)7-8-16(15)20/h7-8,10,12-13H,3-6,9,11H2,1-2H3,(H,21,23)/t12-,13-/m1/s1. The summed E-state index contributed by atoms with van der Waals surface area (Å²) in [6, 6.07) is 4.07. The summed E-state index contributed by atoms with van der Waals surface area (Å²) in [5.41, 5.74) is -0.0390. The van der Waals surface area contributed by atoms with Gasteiger partial charge in [0.25, 0.3) is 5.91 Å². The molecule has 24 heavy (non-hydrogen) atoms. The highest BCUT2D eigenvalue weighted by Crippen LogP contribution is 2.22. The monoisotopic (exact) mass is 354 g/mol. The van der Waals surface area contributed by atoms with Crippen LogP contribution in [0.1, 0.15) is 49.9 Å². The molecule has 0 bridgehead atoms. The normalized spacial score (nSPS) is 19.0. The lowest BCUT2D eigenvalue weighted by Crippen LogP contribution is -2.47. The molecule has 6 heteroatoms. The van der Waals surface area contributed by atoms with Crippen molar-refractivity contribution < 1.29 is 14.0 Å². The van der Waals surface area contributed by atoms with E-state index in [4.69, 9.17) is 11.6 Å². The van der Waals surface area contributed by atoms with Gasteiger partial charge in [-0.15, -0.1) is 0 Å². The maximum absolute atomic E-state index is 13.9. The SMILES string of the molecule is CCC[C@@H](C)NC(=O)[C@@H]1CCCN(C(=O)c2cc(Cl)ccc2F)C1. The van der Waals surface area contributed by atoms with E-state index in [9.17, 15) is 14.0 Å². The molecule has 1 fully saturated rings. The Labute approximate surface area is 147 Å². The van der Waals surface area contributed by atoms with Gasteiger partial charge in [-0.2, -0.15) is 0 Å². The van der Waals surface area contributed by atoms with E-state index in [1.54, 1.807) is 4.90 Å². The van der Waals surface area contributed by atoms with Gasteiger partial charge in [0, 0.05) is 24.2 Å². The van der Waals surface area contributed by atoms with Crippen molar-refractivity contribution in [3.8, 4) is 0 Å². The van der Waals surface area contributed by atoms with Crippen molar-refractivity contribution in [1.82, 2.24) is 10.2 Å². The summed E-state index contributed by atoms with van der Waals surface area (Å²) < 4.78 is 13.9. The molecule has 0 unspecified atom stereocenters. The minimum Gasteiger partial charge on any atom is -0.353 e. The molecular formula is C18H24ClFN2O2. The molecule has 132 valence electrons. The summed E-state index contributed by atoms with van der Waals surface area (Å²) in [7, 11) is 0. The van der Waals surface area contributed by atoms with Crippen molar-refractivity contribution >= 4 is 23.4 Å². The van der Waals surface area contributed by atoms with Gasteiger partial charge < -0.3 is 10.2 Å². The molecule has 0 spiro atoms. The van der Waals surface area contributed by atoms with Crippen molar-refractivity contribution in [2.75, 3.05) is 13.1 Å². The smallest absolute Gasteiger partial charge is 0.256 e. The molecule has 1 heterocycles. The zero-order chi connectivity index (χ0) is 17.7. The van der Waals surface area contributed by atoms with Crippen molar-refractivity contribution in [3.63, 3.8) is 0 Å². The van der Waals surface area contributed by atoms with E-state index in [2.05, 4.69) is 12.2 Å². The van der Waals surface area contributed by atoms with Crippen molar-refractivity contribution in [1.29, 1.82) is 0 Å². The van der Waals surface area contributed by atoms with Crippen molar-refractivity contribution in [2.45, 2.75) is 45.6 Å². The Morgan fingerprint density at radius 3 is 2.92 bits per heavy atom. The van der Waals surface area contributed by atoms with Crippen LogP contribution in [0.4, 0.5) is 4.39 Å². The van der Waals surface area contributed by atoms with E-state index in [0.717, 1.165) is 25.7 Å². The van der Waals surface area contributed by atoms with Crippen molar-refractivity contribution in [3.05, 3.63) is 34.6 Å². The number of amides is 2. The molecule has 0 radical (unpaired) electrons. The lowest BCUT2D eigenvalue weighted by molar-refractivity contribution is -0.127. The predicted molar refractivity (Wildman–Crippen MR) is 92.6 cm³/mol. The van der Waals surface area contributed by atoms with E-state index in [-0.39, 0.29) is 23.4 Å². The maximum Gasteiger partial charge on any atom is 0.256 e. The third-order valence-corrected chi connectivity index (χ3v) is 4.58. The summed E-state index contributed by atoms with van der Waals surface area (Å²) in [4.78, 5) is 26.5. The number of hydrogen-bond acceptors (Lipinski definition) is 2. The lowest BCUT2D eigenvalue weighted by atomic mass is 9.96. The molecule has 0 saturated carbocycles. The summed E-state index contributed by atoms with van der Waals surface area (Å²) >= 11 is 5.86. The number of halogens is 2. The largest absolute Gasteiger partial charge is 0.353 e. The Bertz CT molecular complexity index is 609. The summed E-state index contributed by atoms with van der Waals surface area (Å²) in [5.74, 6) is -1.27. The van der Waals surface area contributed by atoms with Crippen LogP contribution in [0.5, 0.6) is 0 Å². The highest BCUT2D eigenvalue weighted by atomic mass is 35.5. The number of carbonyl (C=O) groups is 2. The topological polar surface area (TPSA) is 49.4 Å². The molecule has 1 N–H and O–H groups in total. The van der Waals surface area contributed by atoms with Crippen LogP contribution in [0.15, 0.2) is 18.2 Å². The third-order valence-electron chi connectivity index (χ3n) is 4.35. The Hall–Kier alpha value is -1.62. The fourth-order valence-electron chi connectivity index (χ4n) is 3.07. The number of nitrogens with one attached hydrogen (secondary N) is 1. The molecule has 1 saturated heterocycles. The number of carbonyl (C=O) groups excluding carboxylic acids is 2. The van der Waals surface area contributed by atoms with Gasteiger partial charge >= 0.3 is 0 Å². The Morgan fingerprint density at radius 2 is 2.21 bits per heavy atom. The number of piperidine rings is 1. The van der Waals surface area contributed by atoms with Gasteiger partial charge in [0.15, 0.2) is 0 Å². The average molecular weight is 355 g/mol. The molecular weight excluding hydrogens is 331 g/mol. The minimum absolute atomic E-state index is 0.0278. The Balaban J connectivity index is 2.03. The molecule has 0 aliphatic carbocycles. The van der Waals surface area contributed by atoms with E-state index in [0.29, 0.717) is 18.1 Å². The molecule has 1 aromatic rings. The Kier molecular flexibility index (Phi) is 6.60. The number of benzene rings is 1. The third kappa shape index (κ3) is 4.69. The second kappa shape index (κ2) is 8.47. The van der Waals surface area contributed by atoms with Gasteiger partial charge in [-0.1, -0.05) is 24.9 Å². The van der Waals surface area contributed by atoms with Crippen LogP contribution in [-0.4, -0.2) is 35.8 Å². The Morgan fingerprint density at radius 1 is 1.46 bits per heavy atom. The molecule has 2 rings (SSSR count). The van der Waals surface area contributed by atoms with E-state index in [1.165, 1.54) is 18.2 Å². The van der Waals surface area contributed by atoms with E-state index in [1.807, 2.05) is 6.92 Å². The number of nitrogens with zero attached hydrogens (tertiary/aromatic N) is 1. The van der Waals surface area contributed by atoms with Gasteiger partial charge in [0.2, 0.25) is 5.91 Å². The average Bonchev–Trinajstić information content (AvgIpc) is 2.56. The zero-order valence-electron chi connectivity index (χ0n) is 14.1. The summed E-state index contributed by atoms with van der Waals surface area (Å²) in [6.45, 7) is 4.90. The highest BCUT2D eigenvalue weighted by Gasteiger charge is 2.30. The molecule has 2 atom stereocenters. The molecule has 1 aromatic carbocycles.